The quantitative estimate of drug-likeness (QED) is 0.511. The summed E-state index contributed by atoms with van der Waals surface area (Å²) in [6.07, 6.45) is 1.36. The Hall–Kier alpha value is -3.30. The number of likely N-dealkylation sites (tertiary alicyclic amines) is 1. The first-order chi connectivity index (χ1) is 18.1. The maximum Gasteiger partial charge on any atom is 0.410 e. The van der Waals surface area contributed by atoms with E-state index in [0.29, 0.717) is 73.0 Å². The first-order valence-corrected chi connectivity index (χ1v) is 13.2. The maximum atomic E-state index is 13.4. The van der Waals surface area contributed by atoms with E-state index < -0.39 is 11.5 Å². The summed E-state index contributed by atoms with van der Waals surface area (Å²) in [6, 6.07) is 10.2. The third-order valence-electron chi connectivity index (χ3n) is 6.36. The van der Waals surface area contributed by atoms with Gasteiger partial charge in [0.15, 0.2) is 6.29 Å². The number of morpholine rings is 1. The molecule has 2 amide bonds. The van der Waals surface area contributed by atoms with E-state index in [-0.39, 0.29) is 12.2 Å². The van der Waals surface area contributed by atoms with Gasteiger partial charge in [-0.25, -0.2) is 4.79 Å². The average Bonchev–Trinajstić information content (AvgIpc) is 2.88. The second-order valence-electron chi connectivity index (χ2n) is 10.4. The van der Waals surface area contributed by atoms with Gasteiger partial charge in [0.1, 0.15) is 17.5 Å². The highest BCUT2D eigenvalue weighted by molar-refractivity contribution is 6.31. The molecule has 0 unspecified atom stereocenters. The van der Waals surface area contributed by atoms with Crippen LogP contribution in [0.15, 0.2) is 36.4 Å². The number of anilines is 2. The molecule has 2 aromatic carbocycles. The van der Waals surface area contributed by atoms with E-state index in [0.717, 1.165) is 18.8 Å². The van der Waals surface area contributed by atoms with Crippen molar-refractivity contribution < 1.29 is 28.6 Å². The molecule has 2 aliphatic heterocycles. The SMILES string of the molecule is CC(C)(C)OC(=O)N1CCC(Oc2cc(N3CCOCC3)ccc2C(=O)Nc2cc(Cl)ccc2C=O)CC1. The number of benzene rings is 2. The third kappa shape index (κ3) is 7.17. The number of rotatable bonds is 6. The van der Waals surface area contributed by atoms with Gasteiger partial charge in [-0.05, 0) is 51.1 Å². The van der Waals surface area contributed by atoms with Crippen LogP contribution in [-0.4, -0.2) is 74.3 Å². The van der Waals surface area contributed by atoms with Crippen LogP contribution in [-0.2, 0) is 9.47 Å². The Bertz CT molecular complexity index is 1170. The lowest BCUT2D eigenvalue weighted by atomic mass is 10.1. The Labute approximate surface area is 228 Å². The lowest BCUT2D eigenvalue weighted by molar-refractivity contribution is 0.0126. The molecule has 9 nitrogen and oxygen atoms in total. The fourth-order valence-electron chi connectivity index (χ4n) is 4.41. The highest BCUT2D eigenvalue weighted by Gasteiger charge is 2.29. The van der Waals surface area contributed by atoms with Crippen LogP contribution < -0.4 is 15.0 Å². The van der Waals surface area contributed by atoms with E-state index in [1.165, 1.54) is 6.07 Å². The number of amides is 2. The molecular formula is C28H34ClN3O6. The zero-order valence-corrected chi connectivity index (χ0v) is 22.8. The van der Waals surface area contributed by atoms with Crippen LogP contribution in [0.1, 0.15) is 54.3 Å². The molecule has 2 aromatic rings. The highest BCUT2D eigenvalue weighted by Crippen LogP contribution is 2.31. The summed E-state index contributed by atoms with van der Waals surface area (Å²) in [5, 5.41) is 3.21. The molecule has 0 spiro atoms. The van der Waals surface area contributed by atoms with Crippen molar-refractivity contribution in [1.29, 1.82) is 0 Å². The number of ether oxygens (including phenoxy) is 3. The van der Waals surface area contributed by atoms with E-state index in [2.05, 4.69) is 10.2 Å². The van der Waals surface area contributed by atoms with Crippen LogP contribution in [0.4, 0.5) is 16.2 Å². The van der Waals surface area contributed by atoms with Crippen LogP contribution in [0.3, 0.4) is 0 Å². The van der Waals surface area contributed by atoms with E-state index >= 15 is 0 Å². The Balaban J connectivity index is 1.53. The minimum Gasteiger partial charge on any atom is -0.489 e. The maximum absolute atomic E-state index is 13.4. The topological polar surface area (TPSA) is 97.4 Å². The van der Waals surface area contributed by atoms with Gasteiger partial charge >= 0.3 is 6.09 Å². The normalized spacial score (nSPS) is 16.6. The largest absolute Gasteiger partial charge is 0.489 e. The van der Waals surface area contributed by atoms with E-state index in [1.807, 2.05) is 32.9 Å². The van der Waals surface area contributed by atoms with Crippen molar-refractivity contribution in [2.45, 2.75) is 45.3 Å². The highest BCUT2D eigenvalue weighted by atomic mass is 35.5. The number of hydrogen-bond donors (Lipinski definition) is 1. The monoisotopic (exact) mass is 543 g/mol. The predicted molar refractivity (Wildman–Crippen MR) is 146 cm³/mol. The van der Waals surface area contributed by atoms with Gasteiger partial charge in [0.2, 0.25) is 0 Å². The van der Waals surface area contributed by atoms with E-state index in [4.69, 9.17) is 25.8 Å². The van der Waals surface area contributed by atoms with Crippen molar-refractivity contribution in [2.75, 3.05) is 49.6 Å². The Kier molecular flexibility index (Phi) is 8.79. The molecule has 2 fully saturated rings. The molecule has 38 heavy (non-hydrogen) atoms. The van der Waals surface area contributed by atoms with Crippen molar-refractivity contribution in [3.8, 4) is 5.75 Å². The van der Waals surface area contributed by atoms with Crippen LogP contribution in [0.25, 0.3) is 0 Å². The Morgan fingerprint density at radius 3 is 2.42 bits per heavy atom. The lowest BCUT2D eigenvalue weighted by Gasteiger charge is -2.34. The molecule has 0 atom stereocenters. The second kappa shape index (κ2) is 12.0. The molecule has 2 heterocycles. The zero-order chi connectivity index (χ0) is 27.3. The van der Waals surface area contributed by atoms with Gasteiger partial charge in [-0.2, -0.15) is 0 Å². The number of nitrogens with zero attached hydrogens (tertiary/aromatic N) is 2. The molecule has 4 rings (SSSR count). The molecule has 10 heteroatoms. The van der Waals surface area contributed by atoms with Crippen molar-refractivity contribution in [2.24, 2.45) is 0 Å². The zero-order valence-electron chi connectivity index (χ0n) is 22.0. The number of carbonyl (C=O) groups is 3. The van der Waals surface area contributed by atoms with Gasteiger partial charge in [0.05, 0.1) is 24.5 Å². The minimum absolute atomic E-state index is 0.183. The third-order valence-corrected chi connectivity index (χ3v) is 6.60. The number of aldehydes is 1. The molecule has 0 bridgehead atoms. The van der Waals surface area contributed by atoms with Crippen molar-refractivity contribution in [3.63, 3.8) is 0 Å². The lowest BCUT2D eigenvalue weighted by Crippen LogP contribution is -2.44. The van der Waals surface area contributed by atoms with E-state index in [9.17, 15) is 14.4 Å². The average molecular weight is 544 g/mol. The molecule has 0 radical (unpaired) electrons. The molecule has 2 saturated heterocycles. The van der Waals surface area contributed by atoms with Gasteiger partial charge in [0, 0.05) is 61.4 Å². The van der Waals surface area contributed by atoms with Crippen LogP contribution >= 0.6 is 11.6 Å². The van der Waals surface area contributed by atoms with Gasteiger partial charge < -0.3 is 29.3 Å². The smallest absolute Gasteiger partial charge is 0.410 e. The molecule has 1 N–H and O–H groups in total. The summed E-state index contributed by atoms with van der Waals surface area (Å²) < 4.78 is 17.4. The summed E-state index contributed by atoms with van der Waals surface area (Å²) in [7, 11) is 0. The summed E-state index contributed by atoms with van der Waals surface area (Å²) in [6.45, 7) is 9.26. The van der Waals surface area contributed by atoms with Crippen molar-refractivity contribution in [1.82, 2.24) is 4.90 Å². The van der Waals surface area contributed by atoms with E-state index in [1.54, 1.807) is 23.1 Å². The van der Waals surface area contributed by atoms with Crippen LogP contribution in [0.2, 0.25) is 5.02 Å². The second-order valence-corrected chi connectivity index (χ2v) is 10.8. The molecule has 0 aliphatic carbocycles. The molecular weight excluding hydrogens is 510 g/mol. The number of piperidine rings is 1. The summed E-state index contributed by atoms with van der Waals surface area (Å²) in [5.41, 5.74) is 1.37. The number of hydrogen-bond acceptors (Lipinski definition) is 7. The summed E-state index contributed by atoms with van der Waals surface area (Å²) >= 11 is 6.09. The first-order valence-electron chi connectivity index (χ1n) is 12.8. The summed E-state index contributed by atoms with van der Waals surface area (Å²) in [4.78, 5) is 41.2. The fourth-order valence-corrected chi connectivity index (χ4v) is 4.58. The van der Waals surface area contributed by atoms with Crippen LogP contribution in [0, 0.1) is 0 Å². The van der Waals surface area contributed by atoms with Gasteiger partial charge in [-0.3, -0.25) is 9.59 Å². The van der Waals surface area contributed by atoms with Gasteiger partial charge in [-0.15, -0.1) is 0 Å². The standard InChI is InChI=1S/C28H34ClN3O6/c1-28(2,3)38-27(35)32-10-8-22(9-11-32)37-25-17-21(31-12-14-36-15-13-31)6-7-23(25)26(34)30-24-16-20(29)5-4-19(24)18-33/h4-7,16-18,22H,8-15H2,1-3H3,(H,30,34). The molecule has 204 valence electrons. The number of halogens is 1. The minimum atomic E-state index is -0.556. The number of carbonyl (C=O) groups excluding carboxylic acids is 3. The first kappa shape index (κ1) is 27.7. The van der Waals surface area contributed by atoms with Gasteiger partial charge in [0.25, 0.3) is 5.91 Å². The number of nitrogens with one attached hydrogen (secondary N) is 1. The van der Waals surface area contributed by atoms with Gasteiger partial charge in [-0.1, -0.05) is 11.6 Å². The molecule has 0 saturated carbocycles. The Morgan fingerprint density at radius 2 is 1.76 bits per heavy atom. The molecule has 2 aliphatic rings. The molecule has 0 aromatic heterocycles. The summed E-state index contributed by atoms with van der Waals surface area (Å²) in [5.74, 6) is 0.0296. The Morgan fingerprint density at radius 1 is 1.05 bits per heavy atom. The predicted octanol–water partition coefficient (Wildman–Crippen LogP) is 5.02. The van der Waals surface area contributed by atoms with Crippen molar-refractivity contribution in [3.05, 3.63) is 52.5 Å². The van der Waals surface area contributed by atoms with Crippen molar-refractivity contribution >= 4 is 41.3 Å². The van der Waals surface area contributed by atoms with Crippen LogP contribution in [0.5, 0.6) is 5.75 Å². The fraction of sp³-hybridized carbons (Fsp3) is 0.464.